The highest BCUT2D eigenvalue weighted by Crippen LogP contribution is 2.22. The molecule has 1 heterocycles. The monoisotopic (exact) mass is 219 g/mol. The molecular formula is C10H9F4N. The summed E-state index contributed by atoms with van der Waals surface area (Å²) in [5.74, 6) is -5.41. The number of rotatable bonds is 2. The molecule has 1 saturated heterocycles. The van der Waals surface area contributed by atoms with Crippen molar-refractivity contribution in [2.24, 2.45) is 5.92 Å². The zero-order valence-electron chi connectivity index (χ0n) is 7.79. The Balaban J connectivity index is 2.32. The van der Waals surface area contributed by atoms with Gasteiger partial charge in [-0.1, -0.05) is 0 Å². The summed E-state index contributed by atoms with van der Waals surface area (Å²) in [4.78, 5) is 0. The predicted molar refractivity (Wildman–Crippen MR) is 46.3 cm³/mol. The van der Waals surface area contributed by atoms with Gasteiger partial charge in [-0.25, -0.2) is 17.6 Å². The molecule has 0 bridgehead atoms. The van der Waals surface area contributed by atoms with E-state index in [2.05, 4.69) is 5.32 Å². The van der Waals surface area contributed by atoms with E-state index in [-0.39, 0.29) is 17.9 Å². The summed E-state index contributed by atoms with van der Waals surface area (Å²) < 4.78 is 51.7. The van der Waals surface area contributed by atoms with Gasteiger partial charge in [0.15, 0.2) is 17.5 Å². The Hall–Kier alpha value is -1.10. The van der Waals surface area contributed by atoms with Crippen LogP contribution in [0.1, 0.15) is 5.56 Å². The predicted octanol–water partition coefficient (Wildman–Crippen LogP) is 2.00. The van der Waals surface area contributed by atoms with Crippen LogP contribution in [-0.2, 0) is 6.42 Å². The van der Waals surface area contributed by atoms with Crippen molar-refractivity contribution in [2.75, 3.05) is 13.1 Å². The Labute approximate surface area is 84.1 Å². The van der Waals surface area contributed by atoms with Gasteiger partial charge in [0.2, 0.25) is 0 Å². The first-order valence-corrected chi connectivity index (χ1v) is 4.62. The highest BCUT2D eigenvalue weighted by Gasteiger charge is 2.24. The molecule has 0 radical (unpaired) electrons. The standard InChI is InChI=1S/C10H9F4N/c11-7-2-8(12)10(14)9(13)6(7)1-5-3-15-4-5/h2,5,15H,1,3-4H2. The Morgan fingerprint density at radius 1 is 1.07 bits per heavy atom. The van der Waals surface area contributed by atoms with Gasteiger partial charge in [-0.05, 0) is 25.4 Å². The van der Waals surface area contributed by atoms with Crippen molar-refractivity contribution in [3.05, 3.63) is 34.9 Å². The van der Waals surface area contributed by atoms with Gasteiger partial charge in [0.05, 0.1) is 0 Å². The quantitative estimate of drug-likeness (QED) is 0.455. The highest BCUT2D eigenvalue weighted by molar-refractivity contribution is 5.23. The lowest BCUT2D eigenvalue weighted by Crippen LogP contribution is -2.43. The van der Waals surface area contributed by atoms with E-state index in [0.717, 1.165) is 0 Å². The minimum Gasteiger partial charge on any atom is -0.316 e. The fourth-order valence-electron chi connectivity index (χ4n) is 1.57. The van der Waals surface area contributed by atoms with E-state index in [9.17, 15) is 17.6 Å². The maximum absolute atomic E-state index is 13.2. The van der Waals surface area contributed by atoms with E-state index in [0.29, 0.717) is 19.2 Å². The molecule has 1 aromatic rings. The summed E-state index contributed by atoms with van der Waals surface area (Å²) in [6.45, 7) is 1.30. The van der Waals surface area contributed by atoms with Gasteiger partial charge in [0.1, 0.15) is 5.82 Å². The molecule has 0 amide bonds. The molecule has 5 heteroatoms. The van der Waals surface area contributed by atoms with E-state index in [1.54, 1.807) is 0 Å². The number of nitrogens with one attached hydrogen (secondary N) is 1. The Kier molecular flexibility index (Phi) is 2.65. The average molecular weight is 219 g/mol. The van der Waals surface area contributed by atoms with Gasteiger partial charge in [0, 0.05) is 11.6 Å². The third kappa shape index (κ3) is 1.84. The van der Waals surface area contributed by atoms with Crippen LogP contribution in [0.25, 0.3) is 0 Å². The topological polar surface area (TPSA) is 12.0 Å². The molecule has 0 aromatic heterocycles. The first-order valence-electron chi connectivity index (χ1n) is 4.62. The highest BCUT2D eigenvalue weighted by atomic mass is 19.2. The summed E-state index contributed by atoms with van der Waals surface area (Å²) in [6, 6.07) is 0.389. The lowest BCUT2D eigenvalue weighted by Gasteiger charge is -2.27. The van der Waals surface area contributed by atoms with E-state index in [1.807, 2.05) is 0 Å². The molecular weight excluding hydrogens is 210 g/mol. The average Bonchev–Trinajstić information content (AvgIpc) is 2.11. The molecule has 0 spiro atoms. The van der Waals surface area contributed by atoms with E-state index < -0.39 is 23.3 Å². The number of hydrogen-bond acceptors (Lipinski definition) is 1. The molecule has 15 heavy (non-hydrogen) atoms. The van der Waals surface area contributed by atoms with Crippen LogP contribution in [0.15, 0.2) is 6.07 Å². The van der Waals surface area contributed by atoms with Gasteiger partial charge in [-0.15, -0.1) is 0 Å². The smallest absolute Gasteiger partial charge is 0.194 e. The molecule has 82 valence electrons. The van der Waals surface area contributed by atoms with Gasteiger partial charge < -0.3 is 5.32 Å². The molecule has 1 nitrogen and oxygen atoms in total. The van der Waals surface area contributed by atoms with Crippen LogP contribution in [0.3, 0.4) is 0 Å². The van der Waals surface area contributed by atoms with Crippen LogP contribution in [0.4, 0.5) is 17.6 Å². The van der Waals surface area contributed by atoms with Crippen LogP contribution in [0, 0.1) is 29.2 Å². The normalized spacial score (nSPS) is 16.5. The third-order valence-electron chi connectivity index (χ3n) is 2.57. The van der Waals surface area contributed by atoms with Gasteiger partial charge >= 0.3 is 0 Å². The second kappa shape index (κ2) is 3.81. The molecule has 1 N–H and O–H groups in total. The largest absolute Gasteiger partial charge is 0.316 e. The molecule has 0 unspecified atom stereocenters. The molecule has 1 fully saturated rings. The maximum atomic E-state index is 13.2. The van der Waals surface area contributed by atoms with Gasteiger partial charge in [0.25, 0.3) is 0 Å². The van der Waals surface area contributed by atoms with Crippen molar-refractivity contribution < 1.29 is 17.6 Å². The minimum atomic E-state index is -1.60. The minimum absolute atomic E-state index is 0.0962. The summed E-state index contributed by atoms with van der Waals surface area (Å²) in [7, 11) is 0. The lowest BCUT2D eigenvalue weighted by atomic mass is 9.93. The van der Waals surface area contributed by atoms with Crippen LogP contribution in [-0.4, -0.2) is 13.1 Å². The molecule has 0 saturated carbocycles. The van der Waals surface area contributed by atoms with Crippen molar-refractivity contribution in [1.29, 1.82) is 0 Å². The molecule has 1 aliphatic rings. The zero-order chi connectivity index (χ0) is 11.0. The van der Waals surface area contributed by atoms with E-state index in [1.165, 1.54) is 0 Å². The maximum Gasteiger partial charge on any atom is 0.194 e. The Morgan fingerprint density at radius 3 is 2.27 bits per heavy atom. The van der Waals surface area contributed by atoms with Gasteiger partial charge in [-0.3, -0.25) is 0 Å². The van der Waals surface area contributed by atoms with Crippen LogP contribution >= 0.6 is 0 Å². The second-order valence-corrected chi connectivity index (χ2v) is 3.68. The summed E-state index contributed by atoms with van der Waals surface area (Å²) >= 11 is 0. The van der Waals surface area contributed by atoms with Crippen molar-refractivity contribution in [3.63, 3.8) is 0 Å². The zero-order valence-corrected chi connectivity index (χ0v) is 7.79. The summed E-state index contributed by atoms with van der Waals surface area (Å²) in [5.41, 5.74) is -0.361. The first-order chi connectivity index (χ1) is 7.09. The third-order valence-corrected chi connectivity index (χ3v) is 2.57. The Morgan fingerprint density at radius 2 is 1.73 bits per heavy atom. The van der Waals surface area contributed by atoms with Crippen molar-refractivity contribution in [2.45, 2.75) is 6.42 Å². The molecule has 0 aliphatic carbocycles. The molecule has 2 rings (SSSR count). The van der Waals surface area contributed by atoms with E-state index in [4.69, 9.17) is 0 Å². The molecule has 1 aliphatic heterocycles. The van der Waals surface area contributed by atoms with Gasteiger partial charge in [-0.2, -0.15) is 0 Å². The number of benzene rings is 1. The fourth-order valence-corrected chi connectivity index (χ4v) is 1.57. The van der Waals surface area contributed by atoms with E-state index >= 15 is 0 Å². The Bertz CT molecular complexity index is 387. The van der Waals surface area contributed by atoms with Crippen molar-refractivity contribution in [1.82, 2.24) is 5.32 Å². The molecule has 0 atom stereocenters. The first kappa shape index (κ1) is 10.4. The van der Waals surface area contributed by atoms with Crippen molar-refractivity contribution >= 4 is 0 Å². The van der Waals surface area contributed by atoms with Crippen molar-refractivity contribution in [3.8, 4) is 0 Å². The van der Waals surface area contributed by atoms with Crippen LogP contribution < -0.4 is 5.32 Å². The second-order valence-electron chi connectivity index (χ2n) is 3.68. The van der Waals surface area contributed by atoms with Crippen LogP contribution in [0.2, 0.25) is 0 Å². The SMILES string of the molecule is Fc1cc(F)c(CC2CNC2)c(F)c1F. The lowest BCUT2D eigenvalue weighted by molar-refractivity contribution is 0.332. The fraction of sp³-hybridized carbons (Fsp3) is 0.400. The number of hydrogen-bond donors (Lipinski definition) is 1. The number of halogens is 4. The molecule has 1 aromatic carbocycles. The van der Waals surface area contributed by atoms with Crippen LogP contribution in [0.5, 0.6) is 0 Å². The summed E-state index contributed by atoms with van der Waals surface area (Å²) in [5, 5.41) is 2.93. The summed E-state index contributed by atoms with van der Waals surface area (Å²) in [6.07, 6.45) is 0.0991.